The van der Waals surface area contributed by atoms with Crippen LogP contribution in [0.25, 0.3) is 0 Å². The molecule has 1 aliphatic rings. The summed E-state index contributed by atoms with van der Waals surface area (Å²) in [6.07, 6.45) is 2.90. The van der Waals surface area contributed by atoms with E-state index in [2.05, 4.69) is 10.6 Å². The fourth-order valence-corrected chi connectivity index (χ4v) is 1.64. The Hall–Kier alpha value is -0.610. The lowest BCUT2D eigenvalue weighted by molar-refractivity contribution is -0.143. The van der Waals surface area contributed by atoms with Crippen LogP contribution in [0.5, 0.6) is 0 Å². The minimum atomic E-state index is -0.108. The van der Waals surface area contributed by atoms with Crippen LogP contribution in [0.2, 0.25) is 0 Å². The molecule has 2 N–H and O–H groups in total. The summed E-state index contributed by atoms with van der Waals surface area (Å²) in [6.45, 7) is 5.17. The molecule has 0 spiro atoms. The molecular formula is C10H20N2O2. The first-order valence-electron chi connectivity index (χ1n) is 5.42. The van der Waals surface area contributed by atoms with Crippen molar-refractivity contribution in [1.82, 2.24) is 10.6 Å². The van der Waals surface area contributed by atoms with Gasteiger partial charge >= 0.3 is 5.97 Å². The summed E-state index contributed by atoms with van der Waals surface area (Å²) < 4.78 is 4.84. The summed E-state index contributed by atoms with van der Waals surface area (Å²) in [5.74, 6) is -0.108. The van der Waals surface area contributed by atoms with E-state index in [-0.39, 0.29) is 5.97 Å². The van der Waals surface area contributed by atoms with Crippen LogP contribution >= 0.6 is 0 Å². The Bertz CT molecular complexity index is 168. The summed E-state index contributed by atoms with van der Waals surface area (Å²) in [5.41, 5.74) is 0. The second-order valence-electron chi connectivity index (χ2n) is 3.55. The molecule has 0 aromatic carbocycles. The summed E-state index contributed by atoms with van der Waals surface area (Å²) in [4.78, 5) is 11.0. The number of piperidine rings is 1. The van der Waals surface area contributed by atoms with Crippen molar-refractivity contribution in [2.45, 2.75) is 32.2 Å². The van der Waals surface area contributed by atoms with Gasteiger partial charge in [-0.3, -0.25) is 4.79 Å². The molecule has 14 heavy (non-hydrogen) atoms. The predicted molar refractivity (Wildman–Crippen MR) is 55.1 cm³/mol. The van der Waals surface area contributed by atoms with Gasteiger partial charge in [-0.1, -0.05) is 0 Å². The van der Waals surface area contributed by atoms with Gasteiger partial charge in [0.15, 0.2) is 0 Å². The molecule has 1 rings (SSSR count). The highest BCUT2D eigenvalue weighted by atomic mass is 16.5. The van der Waals surface area contributed by atoms with E-state index >= 15 is 0 Å². The molecule has 1 unspecified atom stereocenters. The first-order valence-corrected chi connectivity index (χ1v) is 5.42. The minimum absolute atomic E-state index is 0.108. The normalized spacial score (nSPS) is 21.9. The van der Waals surface area contributed by atoms with Crippen molar-refractivity contribution in [3.8, 4) is 0 Å². The van der Waals surface area contributed by atoms with E-state index < -0.39 is 0 Å². The van der Waals surface area contributed by atoms with Crippen molar-refractivity contribution in [1.29, 1.82) is 0 Å². The Morgan fingerprint density at radius 2 is 2.50 bits per heavy atom. The van der Waals surface area contributed by atoms with Crippen molar-refractivity contribution in [3.05, 3.63) is 0 Å². The van der Waals surface area contributed by atoms with Gasteiger partial charge in [0, 0.05) is 19.1 Å². The minimum Gasteiger partial charge on any atom is -0.466 e. The first-order chi connectivity index (χ1) is 6.83. The summed E-state index contributed by atoms with van der Waals surface area (Å²) >= 11 is 0. The number of hydrogen-bond donors (Lipinski definition) is 2. The Morgan fingerprint density at radius 3 is 3.14 bits per heavy atom. The maximum Gasteiger partial charge on any atom is 0.307 e. The number of rotatable bonds is 5. The monoisotopic (exact) mass is 200 g/mol. The third-order valence-electron chi connectivity index (χ3n) is 2.36. The lowest BCUT2D eigenvalue weighted by Crippen LogP contribution is -2.43. The molecule has 0 amide bonds. The topological polar surface area (TPSA) is 50.4 Å². The van der Waals surface area contributed by atoms with Gasteiger partial charge in [-0.2, -0.15) is 0 Å². The summed E-state index contributed by atoms with van der Waals surface area (Å²) in [6, 6.07) is 0.526. The third kappa shape index (κ3) is 4.58. The molecule has 1 fully saturated rings. The fraction of sp³-hybridized carbons (Fsp3) is 0.900. The van der Waals surface area contributed by atoms with Gasteiger partial charge in [-0.25, -0.2) is 0 Å². The van der Waals surface area contributed by atoms with Crippen LogP contribution in [0.3, 0.4) is 0 Å². The Morgan fingerprint density at radius 1 is 1.64 bits per heavy atom. The predicted octanol–water partition coefficient (Wildman–Crippen LogP) is 0.281. The molecule has 1 atom stereocenters. The molecule has 4 nitrogen and oxygen atoms in total. The van der Waals surface area contributed by atoms with E-state index in [1.54, 1.807) is 0 Å². The zero-order valence-electron chi connectivity index (χ0n) is 8.84. The van der Waals surface area contributed by atoms with Crippen LogP contribution in [-0.4, -0.2) is 38.3 Å². The highest BCUT2D eigenvalue weighted by Gasteiger charge is 2.12. The average molecular weight is 200 g/mol. The molecule has 0 aromatic heterocycles. The second-order valence-corrected chi connectivity index (χ2v) is 3.55. The average Bonchev–Trinajstić information content (AvgIpc) is 2.20. The molecule has 0 saturated carbocycles. The number of hydrogen-bond acceptors (Lipinski definition) is 4. The third-order valence-corrected chi connectivity index (χ3v) is 2.36. The zero-order valence-corrected chi connectivity index (χ0v) is 8.84. The SMILES string of the molecule is CCOC(=O)CCNC1CCCNC1. The lowest BCUT2D eigenvalue weighted by atomic mass is 10.1. The Kier molecular flexibility index (Phi) is 5.56. The molecular weight excluding hydrogens is 180 g/mol. The van der Waals surface area contributed by atoms with Gasteiger partial charge in [-0.15, -0.1) is 0 Å². The number of nitrogens with one attached hydrogen (secondary N) is 2. The summed E-state index contributed by atoms with van der Waals surface area (Å²) in [7, 11) is 0. The van der Waals surface area contributed by atoms with Crippen LogP contribution in [-0.2, 0) is 9.53 Å². The molecule has 0 aromatic rings. The molecule has 1 saturated heterocycles. The molecule has 82 valence electrons. The van der Waals surface area contributed by atoms with Crippen LogP contribution < -0.4 is 10.6 Å². The smallest absolute Gasteiger partial charge is 0.307 e. The van der Waals surface area contributed by atoms with Gasteiger partial charge in [0.05, 0.1) is 13.0 Å². The van der Waals surface area contributed by atoms with Crippen molar-refractivity contribution in [2.24, 2.45) is 0 Å². The highest BCUT2D eigenvalue weighted by Crippen LogP contribution is 2.00. The Balaban J connectivity index is 1.99. The van der Waals surface area contributed by atoms with Crippen LogP contribution in [0.15, 0.2) is 0 Å². The number of carbonyl (C=O) groups is 1. The van der Waals surface area contributed by atoms with E-state index in [9.17, 15) is 4.79 Å². The maximum atomic E-state index is 11.0. The second kappa shape index (κ2) is 6.79. The summed E-state index contributed by atoms with van der Waals surface area (Å²) in [5, 5.41) is 6.67. The number of esters is 1. The van der Waals surface area contributed by atoms with Gasteiger partial charge in [0.25, 0.3) is 0 Å². The lowest BCUT2D eigenvalue weighted by Gasteiger charge is -2.23. The van der Waals surface area contributed by atoms with Gasteiger partial charge in [0.2, 0.25) is 0 Å². The van der Waals surface area contributed by atoms with E-state index in [1.165, 1.54) is 12.8 Å². The van der Waals surface area contributed by atoms with E-state index in [0.29, 0.717) is 19.1 Å². The largest absolute Gasteiger partial charge is 0.466 e. The van der Waals surface area contributed by atoms with E-state index in [0.717, 1.165) is 19.6 Å². The first kappa shape index (κ1) is 11.5. The number of carbonyl (C=O) groups excluding carboxylic acids is 1. The van der Waals surface area contributed by atoms with Crippen molar-refractivity contribution in [2.75, 3.05) is 26.2 Å². The quantitative estimate of drug-likeness (QED) is 0.626. The van der Waals surface area contributed by atoms with Gasteiger partial charge < -0.3 is 15.4 Å². The van der Waals surface area contributed by atoms with Crippen LogP contribution in [0.1, 0.15) is 26.2 Å². The van der Waals surface area contributed by atoms with E-state index in [4.69, 9.17) is 4.74 Å². The zero-order chi connectivity index (χ0) is 10.2. The van der Waals surface area contributed by atoms with E-state index in [1.807, 2.05) is 6.92 Å². The molecule has 0 aliphatic carbocycles. The molecule has 0 radical (unpaired) electrons. The van der Waals surface area contributed by atoms with Crippen molar-refractivity contribution in [3.63, 3.8) is 0 Å². The fourth-order valence-electron chi connectivity index (χ4n) is 1.64. The molecule has 1 aliphatic heterocycles. The Labute approximate surface area is 85.4 Å². The molecule has 0 bridgehead atoms. The van der Waals surface area contributed by atoms with Crippen molar-refractivity contribution >= 4 is 5.97 Å². The standard InChI is InChI=1S/C10H20N2O2/c1-2-14-10(13)5-7-12-9-4-3-6-11-8-9/h9,11-12H,2-8H2,1H3. The van der Waals surface area contributed by atoms with Crippen molar-refractivity contribution < 1.29 is 9.53 Å². The van der Waals surface area contributed by atoms with Crippen LogP contribution in [0, 0.1) is 0 Å². The maximum absolute atomic E-state index is 11.0. The van der Waals surface area contributed by atoms with Crippen LogP contribution in [0.4, 0.5) is 0 Å². The van der Waals surface area contributed by atoms with Gasteiger partial charge in [-0.05, 0) is 26.3 Å². The highest BCUT2D eigenvalue weighted by molar-refractivity contribution is 5.69. The number of ether oxygens (including phenoxy) is 1. The molecule has 1 heterocycles. The van der Waals surface area contributed by atoms with Gasteiger partial charge in [0.1, 0.15) is 0 Å². The molecule has 4 heteroatoms.